The summed E-state index contributed by atoms with van der Waals surface area (Å²) in [5.74, 6) is -1.49. The number of fused-ring (bicyclic) bond motifs is 1. The summed E-state index contributed by atoms with van der Waals surface area (Å²) < 4.78 is 38.5. The van der Waals surface area contributed by atoms with Crippen LogP contribution in [0, 0.1) is 18.6 Å². The second-order valence-corrected chi connectivity index (χ2v) is 10.8. The Bertz CT molecular complexity index is 1430. The van der Waals surface area contributed by atoms with Crippen molar-refractivity contribution >= 4 is 16.9 Å². The SMILES string of the molecule is Cc1c(CN2CCC[C@H](O)C2)n(C(C)C)c2c(F)c(-c3nc(N[C@@H]4CCOC[C@H]4O)ncc3F)ccc2c1=O. The van der Waals surface area contributed by atoms with Crippen molar-refractivity contribution in [1.82, 2.24) is 19.4 Å². The van der Waals surface area contributed by atoms with E-state index in [1.54, 1.807) is 6.92 Å². The third kappa shape index (κ3) is 5.41. The van der Waals surface area contributed by atoms with Crippen molar-refractivity contribution in [2.45, 2.75) is 70.9 Å². The van der Waals surface area contributed by atoms with E-state index in [1.165, 1.54) is 12.1 Å². The number of aliphatic hydroxyl groups is 2. The number of piperidine rings is 1. The van der Waals surface area contributed by atoms with E-state index in [4.69, 9.17) is 4.74 Å². The molecule has 3 N–H and O–H groups in total. The predicted octanol–water partition coefficient (Wildman–Crippen LogP) is 3.14. The van der Waals surface area contributed by atoms with Crippen molar-refractivity contribution in [3.8, 4) is 11.3 Å². The molecule has 0 unspecified atom stereocenters. The van der Waals surface area contributed by atoms with Crippen LogP contribution in [0.25, 0.3) is 22.2 Å². The Hall–Kier alpha value is -2.99. The smallest absolute Gasteiger partial charge is 0.223 e. The monoisotopic (exact) mass is 543 g/mol. The number of β-amino-alcohol motifs (C(OH)–C–C–N with tert-alkyl or cyclic N) is 1. The molecule has 3 atom stereocenters. The van der Waals surface area contributed by atoms with Crippen molar-refractivity contribution in [2.75, 3.05) is 31.6 Å². The highest BCUT2D eigenvalue weighted by Gasteiger charge is 2.27. The topological polar surface area (TPSA) is 113 Å². The lowest BCUT2D eigenvalue weighted by Crippen LogP contribution is -2.42. The Morgan fingerprint density at radius 3 is 2.74 bits per heavy atom. The lowest BCUT2D eigenvalue weighted by molar-refractivity contribution is -0.0136. The molecule has 3 aromatic rings. The van der Waals surface area contributed by atoms with Gasteiger partial charge in [0, 0.05) is 47.9 Å². The van der Waals surface area contributed by atoms with Gasteiger partial charge in [0.05, 0.1) is 36.6 Å². The molecule has 0 saturated carbocycles. The van der Waals surface area contributed by atoms with Gasteiger partial charge in [-0.1, -0.05) is 0 Å². The number of ether oxygens (including phenoxy) is 1. The van der Waals surface area contributed by atoms with E-state index in [-0.39, 0.29) is 52.2 Å². The lowest BCUT2D eigenvalue weighted by atomic mass is 10.0. The van der Waals surface area contributed by atoms with Gasteiger partial charge >= 0.3 is 0 Å². The first kappa shape index (κ1) is 27.6. The van der Waals surface area contributed by atoms with Crippen LogP contribution < -0.4 is 10.7 Å². The average Bonchev–Trinajstić information content (AvgIpc) is 2.90. The fourth-order valence-electron chi connectivity index (χ4n) is 5.65. The molecule has 5 rings (SSSR count). The molecular formula is C28H35F2N5O4. The molecule has 4 heterocycles. The predicted molar refractivity (Wildman–Crippen MR) is 144 cm³/mol. The Balaban J connectivity index is 1.62. The van der Waals surface area contributed by atoms with Gasteiger partial charge in [-0.2, -0.15) is 0 Å². The number of likely N-dealkylation sites (tertiary alicyclic amines) is 1. The molecule has 9 nitrogen and oxygen atoms in total. The van der Waals surface area contributed by atoms with Gasteiger partial charge in [-0.3, -0.25) is 9.69 Å². The van der Waals surface area contributed by atoms with Crippen LogP contribution >= 0.6 is 0 Å². The van der Waals surface area contributed by atoms with E-state index >= 15 is 8.78 Å². The number of pyridine rings is 1. The fourth-order valence-corrected chi connectivity index (χ4v) is 5.65. The fraction of sp³-hybridized carbons (Fsp3) is 0.536. The van der Waals surface area contributed by atoms with E-state index in [0.29, 0.717) is 37.4 Å². The second kappa shape index (κ2) is 11.2. The molecule has 1 aromatic carbocycles. The zero-order valence-corrected chi connectivity index (χ0v) is 22.5. The van der Waals surface area contributed by atoms with Gasteiger partial charge in [-0.25, -0.2) is 18.7 Å². The maximum atomic E-state index is 16.4. The zero-order chi connectivity index (χ0) is 27.8. The van der Waals surface area contributed by atoms with Gasteiger partial charge in [-0.05, 0) is 58.7 Å². The number of rotatable bonds is 6. The first-order chi connectivity index (χ1) is 18.7. The average molecular weight is 544 g/mol. The molecule has 2 aromatic heterocycles. The summed E-state index contributed by atoms with van der Waals surface area (Å²) in [4.78, 5) is 23.7. The van der Waals surface area contributed by atoms with Crippen LogP contribution in [-0.4, -0.2) is 74.2 Å². The van der Waals surface area contributed by atoms with E-state index in [9.17, 15) is 15.0 Å². The summed E-state index contributed by atoms with van der Waals surface area (Å²) in [5.41, 5.74) is 0.689. The molecule has 0 spiro atoms. The van der Waals surface area contributed by atoms with E-state index in [2.05, 4.69) is 20.2 Å². The lowest BCUT2D eigenvalue weighted by Gasteiger charge is -2.32. The molecule has 2 saturated heterocycles. The molecule has 0 aliphatic carbocycles. The Labute approximate surface area is 225 Å². The summed E-state index contributed by atoms with van der Waals surface area (Å²) in [6, 6.07) is 2.31. The van der Waals surface area contributed by atoms with Crippen LogP contribution in [0.15, 0.2) is 23.1 Å². The van der Waals surface area contributed by atoms with Crippen molar-refractivity contribution in [1.29, 1.82) is 0 Å². The van der Waals surface area contributed by atoms with Gasteiger partial charge in [0.1, 0.15) is 5.69 Å². The number of nitrogens with one attached hydrogen (secondary N) is 1. The number of nitrogens with zero attached hydrogens (tertiary/aromatic N) is 4. The molecule has 2 aliphatic heterocycles. The van der Waals surface area contributed by atoms with E-state index < -0.39 is 23.8 Å². The van der Waals surface area contributed by atoms with Gasteiger partial charge in [0.2, 0.25) is 5.95 Å². The number of anilines is 1. The van der Waals surface area contributed by atoms with Crippen molar-refractivity contribution in [2.24, 2.45) is 0 Å². The van der Waals surface area contributed by atoms with E-state index in [0.717, 1.165) is 25.6 Å². The van der Waals surface area contributed by atoms with Crippen LogP contribution in [0.5, 0.6) is 0 Å². The maximum absolute atomic E-state index is 16.4. The molecule has 0 radical (unpaired) electrons. The molecular weight excluding hydrogens is 508 g/mol. The number of hydrogen-bond donors (Lipinski definition) is 3. The zero-order valence-electron chi connectivity index (χ0n) is 22.5. The minimum atomic E-state index is -0.806. The summed E-state index contributed by atoms with van der Waals surface area (Å²) >= 11 is 0. The summed E-state index contributed by atoms with van der Waals surface area (Å²) in [7, 11) is 0. The quantitative estimate of drug-likeness (QED) is 0.435. The van der Waals surface area contributed by atoms with Crippen molar-refractivity contribution < 1.29 is 23.7 Å². The molecule has 11 heteroatoms. The minimum absolute atomic E-state index is 0.0614. The normalized spacial score (nSPS) is 22.5. The molecule has 39 heavy (non-hydrogen) atoms. The van der Waals surface area contributed by atoms with Gasteiger partial charge in [0.25, 0.3) is 0 Å². The summed E-state index contributed by atoms with van der Waals surface area (Å²) in [5, 5.41) is 23.6. The second-order valence-electron chi connectivity index (χ2n) is 10.8. The van der Waals surface area contributed by atoms with Crippen LogP contribution in [0.2, 0.25) is 0 Å². The first-order valence-corrected chi connectivity index (χ1v) is 13.5. The third-order valence-electron chi connectivity index (χ3n) is 7.68. The Morgan fingerprint density at radius 2 is 2.03 bits per heavy atom. The molecule has 0 amide bonds. The van der Waals surface area contributed by atoms with Crippen molar-refractivity contribution in [3.63, 3.8) is 0 Å². The molecule has 0 bridgehead atoms. The highest BCUT2D eigenvalue weighted by Crippen LogP contribution is 2.32. The first-order valence-electron chi connectivity index (χ1n) is 13.5. The summed E-state index contributed by atoms with van der Waals surface area (Å²) in [6.45, 7) is 7.83. The largest absolute Gasteiger partial charge is 0.392 e. The standard InChI is InChI=1S/C28H35F2N5O4/c1-15(2)35-22(13-34-9-4-5-17(36)12-34)16(3)27(38)19-7-6-18(24(30)26(19)35)25-20(29)11-31-28(33-25)32-21-8-10-39-14-23(21)37/h6-7,11,15,17,21,23,36-37H,4-5,8-10,12-14H2,1-3H3,(H,31,32,33)/t17-,21+,23+/m0/s1. The number of benzene rings is 1. The molecule has 2 fully saturated rings. The minimum Gasteiger partial charge on any atom is -0.392 e. The Morgan fingerprint density at radius 1 is 1.23 bits per heavy atom. The molecule has 2 aliphatic rings. The highest BCUT2D eigenvalue weighted by molar-refractivity contribution is 5.86. The van der Waals surface area contributed by atoms with Gasteiger partial charge in [-0.15, -0.1) is 0 Å². The number of aromatic nitrogens is 3. The van der Waals surface area contributed by atoms with Crippen LogP contribution in [0.3, 0.4) is 0 Å². The van der Waals surface area contributed by atoms with Crippen LogP contribution in [-0.2, 0) is 11.3 Å². The van der Waals surface area contributed by atoms with Crippen LogP contribution in [0.4, 0.5) is 14.7 Å². The van der Waals surface area contributed by atoms with E-state index in [1.807, 2.05) is 18.4 Å². The molecule has 210 valence electrons. The van der Waals surface area contributed by atoms with Gasteiger partial charge in [0.15, 0.2) is 17.1 Å². The Kier molecular flexibility index (Phi) is 7.95. The van der Waals surface area contributed by atoms with Crippen LogP contribution in [0.1, 0.15) is 50.4 Å². The maximum Gasteiger partial charge on any atom is 0.223 e. The van der Waals surface area contributed by atoms with Crippen molar-refractivity contribution in [3.05, 3.63) is 51.4 Å². The highest BCUT2D eigenvalue weighted by atomic mass is 19.1. The number of halogens is 2. The number of hydrogen-bond acceptors (Lipinski definition) is 8. The van der Waals surface area contributed by atoms with Gasteiger partial charge < -0.3 is 24.8 Å². The summed E-state index contributed by atoms with van der Waals surface area (Å²) in [6.07, 6.45) is 1.84. The number of aliphatic hydroxyl groups excluding tert-OH is 2. The third-order valence-corrected chi connectivity index (χ3v) is 7.68.